The van der Waals surface area contributed by atoms with E-state index in [1.54, 1.807) is 0 Å². The Balaban J connectivity index is 2.33. The van der Waals surface area contributed by atoms with Gasteiger partial charge in [-0.05, 0) is 22.8 Å². The van der Waals surface area contributed by atoms with Crippen molar-refractivity contribution in [1.29, 1.82) is 0 Å². The highest BCUT2D eigenvalue weighted by Crippen LogP contribution is 2.24. The van der Waals surface area contributed by atoms with Crippen LogP contribution < -0.4 is 5.32 Å². The molecule has 1 aliphatic carbocycles. The fraction of sp³-hybridized carbons (Fsp3) is 0.250. The molecule has 1 heterocycles. The zero-order chi connectivity index (χ0) is 6.97. The van der Waals surface area contributed by atoms with Crippen LogP contribution in [0.1, 0.15) is 0 Å². The number of aliphatic hydroxyl groups excluding tert-OH is 1. The fourth-order valence-electron chi connectivity index (χ4n) is 1.29. The number of nitrogens with one attached hydrogen (secondary N) is 1. The minimum Gasteiger partial charge on any atom is -0.392 e. The van der Waals surface area contributed by atoms with Crippen molar-refractivity contribution in [2.75, 3.05) is 13.2 Å². The Morgan fingerprint density at radius 2 is 2.40 bits per heavy atom. The molecule has 0 saturated carbocycles. The van der Waals surface area contributed by atoms with Gasteiger partial charge in [-0.1, -0.05) is 6.08 Å². The van der Waals surface area contributed by atoms with Gasteiger partial charge >= 0.3 is 0 Å². The normalized spacial score (nSPS) is 21.1. The monoisotopic (exact) mass is 135 g/mol. The number of fused-ring (bicyclic) bond motifs is 1. The van der Waals surface area contributed by atoms with Gasteiger partial charge < -0.3 is 10.4 Å². The van der Waals surface area contributed by atoms with Crippen LogP contribution in [0.4, 0.5) is 0 Å². The highest BCUT2D eigenvalue weighted by atomic mass is 16.3. The molecule has 0 aromatic carbocycles. The maximum Gasteiger partial charge on any atom is 0.0682 e. The van der Waals surface area contributed by atoms with Crippen molar-refractivity contribution in [3.8, 4) is 0 Å². The Kier molecular flexibility index (Phi) is 1.14. The Bertz CT molecular complexity index is 248. The number of allylic oxidation sites excluding steroid dienone is 1. The summed E-state index contributed by atoms with van der Waals surface area (Å²) in [5.41, 5.74) is 3.54. The van der Waals surface area contributed by atoms with Gasteiger partial charge in [-0.15, -0.1) is 0 Å². The van der Waals surface area contributed by atoms with Gasteiger partial charge in [-0.3, -0.25) is 0 Å². The largest absolute Gasteiger partial charge is 0.392 e. The minimum absolute atomic E-state index is 0.154. The van der Waals surface area contributed by atoms with Gasteiger partial charge in [0.05, 0.1) is 6.61 Å². The van der Waals surface area contributed by atoms with E-state index in [1.165, 1.54) is 11.1 Å². The topological polar surface area (TPSA) is 32.3 Å². The lowest BCUT2D eigenvalue weighted by Crippen LogP contribution is -2.00. The summed E-state index contributed by atoms with van der Waals surface area (Å²) in [4.78, 5) is 0. The summed E-state index contributed by atoms with van der Waals surface area (Å²) in [6.07, 6.45) is 6.02. The van der Waals surface area contributed by atoms with Gasteiger partial charge in [0.25, 0.3) is 0 Å². The number of rotatable bonds is 1. The van der Waals surface area contributed by atoms with E-state index in [2.05, 4.69) is 5.32 Å². The van der Waals surface area contributed by atoms with Crippen LogP contribution in [0, 0.1) is 0 Å². The third-order valence-corrected chi connectivity index (χ3v) is 1.80. The second kappa shape index (κ2) is 1.99. The molecule has 2 heteroatoms. The van der Waals surface area contributed by atoms with Gasteiger partial charge in [0, 0.05) is 12.7 Å². The average Bonchev–Trinajstić information content (AvgIpc) is 2.42. The van der Waals surface area contributed by atoms with Crippen molar-refractivity contribution in [1.82, 2.24) is 5.32 Å². The standard InChI is InChI=1S/C8H9NO/c10-5-6-1-7-3-9-4-8(7)2-6/h1-3,9-10H,4-5H2. The predicted octanol–water partition coefficient (Wildman–Crippen LogP) is 0.332. The van der Waals surface area contributed by atoms with Gasteiger partial charge in [-0.25, -0.2) is 0 Å². The van der Waals surface area contributed by atoms with E-state index in [1.807, 2.05) is 18.4 Å². The molecule has 0 amide bonds. The van der Waals surface area contributed by atoms with E-state index in [0.717, 1.165) is 12.1 Å². The van der Waals surface area contributed by atoms with E-state index < -0.39 is 0 Å². The maximum atomic E-state index is 8.76. The summed E-state index contributed by atoms with van der Waals surface area (Å²) in [5, 5.41) is 11.9. The third-order valence-electron chi connectivity index (χ3n) is 1.80. The van der Waals surface area contributed by atoms with Crippen molar-refractivity contribution in [2.24, 2.45) is 0 Å². The van der Waals surface area contributed by atoms with E-state index in [9.17, 15) is 0 Å². The van der Waals surface area contributed by atoms with Crippen molar-refractivity contribution in [2.45, 2.75) is 0 Å². The van der Waals surface area contributed by atoms with Gasteiger partial charge in [-0.2, -0.15) is 0 Å². The molecule has 0 radical (unpaired) electrons. The van der Waals surface area contributed by atoms with Crippen LogP contribution in [0.5, 0.6) is 0 Å². The minimum atomic E-state index is 0.154. The fourth-order valence-corrected chi connectivity index (χ4v) is 1.29. The van der Waals surface area contributed by atoms with Gasteiger partial charge in [0.2, 0.25) is 0 Å². The third kappa shape index (κ3) is 0.693. The number of hydrogen-bond acceptors (Lipinski definition) is 2. The Labute approximate surface area is 59.6 Å². The first-order valence-electron chi connectivity index (χ1n) is 3.36. The van der Waals surface area contributed by atoms with Gasteiger partial charge in [0.1, 0.15) is 0 Å². The molecule has 10 heavy (non-hydrogen) atoms. The van der Waals surface area contributed by atoms with Crippen LogP contribution in [0.3, 0.4) is 0 Å². The first-order valence-corrected chi connectivity index (χ1v) is 3.36. The molecule has 0 spiro atoms. The molecule has 2 rings (SSSR count). The lowest BCUT2D eigenvalue weighted by atomic mass is 10.2. The summed E-state index contributed by atoms with van der Waals surface area (Å²) < 4.78 is 0. The average molecular weight is 135 g/mol. The van der Waals surface area contributed by atoms with Crippen molar-refractivity contribution in [3.05, 3.63) is 35.1 Å². The second-order valence-corrected chi connectivity index (χ2v) is 2.53. The van der Waals surface area contributed by atoms with E-state index >= 15 is 0 Å². The van der Waals surface area contributed by atoms with E-state index in [0.29, 0.717) is 0 Å². The van der Waals surface area contributed by atoms with E-state index in [-0.39, 0.29) is 6.61 Å². The van der Waals surface area contributed by atoms with Crippen LogP contribution in [-0.2, 0) is 0 Å². The summed E-state index contributed by atoms with van der Waals surface area (Å²) in [6.45, 7) is 1.07. The highest BCUT2D eigenvalue weighted by molar-refractivity contribution is 5.55. The highest BCUT2D eigenvalue weighted by Gasteiger charge is 2.14. The van der Waals surface area contributed by atoms with Crippen molar-refractivity contribution < 1.29 is 5.11 Å². The first-order chi connectivity index (χ1) is 4.90. The summed E-state index contributed by atoms with van der Waals surface area (Å²) in [6, 6.07) is 0. The molecule has 0 aromatic heterocycles. The smallest absolute Gasteiger partial charge is 0.0682 e. The molecule has 0 atom stereocenters. The first kappa shape index (κ1) is 5.74. The summed E-state index contributed by atoms with van der Waals surface area (Å²) >= 11 is 0. The van der Waals surface area contributed by atoms with E-state index in [4.69, 9.17) is 5.11 Å². The Hall–Kier alpha value is -1.02. The lowest BCUT2D eigenvalue weighted by molar-refractivity contribution is 0.335. The summed E-state index contributed by atoms with van der Waals surface area (Å²) in [7, 11) is 0. The maximum absolute atomic E-state index is 8.76. The van der Waals surface area contributed by atoms with Crippen LogP contribution in [0.15, 0.2) is 35.1 Å². The Morgan fingerprint density at radius 3 is 3.10 bits per heavy atom. The molecule has 1 aliphatic heterocycles. The van der Waals surface area contributed by atoms with Crippen molar-refractivity contribution in [3.63, 3.8) is 0 Å². The Morgan fingerprint density at radius 1 is 1.50 bits per heavy atom. The van der Waals surface area contributed by atoms with Crippen molar-refractivity contribution >= 4 is 0 Å². The molecule has 0 aromatic rings. The quantitative estimate of drug-likeness (QED) is 0.543. The molecular formula is C8H9NO. The van der Waals surface area contributed by atoms with Crippen LogP contribution in [0.2, 0.25) is 0 Å². The SMILES string of the molecule is OCC1=CC2=CNCC2=C1. The molecule has 52 valence electrons. The van der Waals surface area contributed by atoms with Crippen LogP contribution >= 0.6 is 0 Å². The molecule has 2 aliphatic rings. The molecule has 0 bridgehead atoms. The molecule has 0 saturated heterocycles. The van der Waals surface area contributed by atoms with Gasteiger partial charge in [0.15, 0.2) is 0 Å². The van der Waals surface area contributed by atoms with Crippen LogP contribution in [0.25, 0.3) is 0 Å². The molecule has 0 unspecified atom stereocenters. The summed E-state index contributed by atoms with van der Waals surface area (Å²) in [5.74, 6) is 0. The molecule has 2 nitrogen and oxygen atoms in total. The molecule has 2 N–H and O–H groups in total. The zero-order valence-corrected chi connectivity index (χ0v) is 5.59. The predicted molar refractivity (Wildman–Crippen MR) is 39.3 cm³/mol. The van der Waals surface area contributed by atoms with Crippen LogP contribution in [-0.4, -0.2) is 18.3 Å². The molecule has 0 fully saturated rings. The number of hydrogen-bond donors (Lipinski definition) is 2. The lowest BCUT2D eigenvalue weighted by Gasteiger charge is -1.90. The number of aliphatic hydroxyl groups is 1. The molecular weight excluding hydrogens is 126 g/mol. The second-order valence-electron chi connectivity index (χ2n) is 2.53. The zero-order valence-electron chi connectivity index (χ0n) is 5.59.